The normalized spacial score (nSPS) is 18.4. The number of piperazine rings is 1. The number of rotatable bonds is 7. The van der Waals surface area contributed by atoms with Gasteiger partial charge < -0.3 is 15.5 Å². The van der Waals surface area contributed by atoms with Gasteiger partial charge in [-0.1, -0.05) is 23.1 Å². The molecule has 150 valence electrons. The third-order valence-electron chi connectivity index (χ3n) is 4.24. The minimum absolute atomic E-state index is 0.0321. The minimum Gasteiger partial charge on any atom is -0.357 e. The van der Waals surface area contributed by atoms with Crippen LogP contribution in [0.1, 0.15) is 33.6 Å². The van der Waals surface area contributed by atoms with Crippen molar-refractivity contribution in [2.45, 2.75) is 49.5 Å². The average molecular weight is 413 g/mol. The summed E-state index contributed by atoms with van der Waals surface area (Å²) in [6, 6.07) is 0.555. The zero-order chi connectivity index (χ0) is 19.4. The predicted octanol–water partition coefficient (Wildman–Crippen LogP) is 1.26. The first kappa shape index (κ1) is 20.3. The van der Waals surface area contributed by atoms with Gasteiger partial charge in [-0.2, -0.15) is 0 Å². The summed E-state index contributed by atoms with van der Waals surface area (Å²) < 4.78 is 0.823. The molecule has 1 aliphatic heterocycles. The van der Waals surface area contributed by atoms with Crippen LogP contribution in [0.4, 0.5) is 5.13 Å². The average Bonchev–Trinajstić information content (AvgIpc) is 3.28. The molecule has 1 aliphatic carbocycles. The van der Waals surface area contributed by atoms with E-state index < -0.39 is 0 Å². The third kappa shape index (κ3) is 6.93. The number of hydrogen-bond acceptors (Lipinski definition) is 8. The molecule has 2 heterocycles. The second-order valence-corrected chi connectivity index (χ2v) is 10.2. The molecular weight excluding hydrogens is 384 g/mol. The van der Waals surface area contributed by atoms with E-state index in [1.54, 1.807) is 0 Å². The number of amides is 2. The fraction of sp³-hybridized carbons (Fsp3) is 0.765. The van der Waals surface area contributed by atoms with E-state index in [0.717, 1.165) is 22.6 Å². The van der Waals surface area contributed by atoms with Gasteiger partial charge in [-0.15, -0.1) is 10.2 Å². The Kier molecular flexibility index (Phi) is 6.59. The van der Waals surface area contributed by atoms with E-state index in [-0.39, 0.29) is 17.4 Å². The second kappa shape index (κ2) is 8.74. The lowest BCUT2D eigenvalue weighted by atomic mass is 10.1. The molecule has 2 aliphatic rings. The van der Waals surface area contributed by atoms with E-state index >= 15 is 0 Å². The van der Waals surface area contributed by atoms with Gasteiger partial charge >= 0.3 is 0 Å². The van der Waals surface area contributed by atoms with Crippen molar-refractivity contribution >= 4 is 40.0 Å². The van der Waals surface area contributed by atoms with E-state index in [4.69, 9.17) is 0 Å². The van der Waals surface area contributed by atoms with Gasteiger partial charge in [-0.25, -0.2) is 0 Å². The van der Waals surface area contributed by atoms with E-state index in [9.17, 15) is 9.59 Å². The number of carbonyl (C=O) groups excluding carboxylic acids is 2. The maximum Gasteiger partial charge on any atom is 0.234 e. The van der Waals surface area contributed by atoms with Crippen molar-refractivity contribution in [3.8, 4) is 0 Å². The Hall–Kier alpha value is -1.39. The van der Waals surface area contributed by atoms with Crippen molar-refractivity contribution in [1.82, 2.24) is 25.3 Å². The summed E-state index contributed by atoms with van der Waals surface area (Å²) in [5.41, 5.74) is -0.217. The molecule has 0 spiro atoms. The van der Waals surface area contributed by atoms with Crippen LogP contribution in [0, 0.1) is 0 Å². The molecule has 0 radical (unpaired) electrons. The van der Waals surface area contributed by atoms with Gasteiger partial charge in [0.05, 0.1) is 12.3 Å². The van der Waals surface area contributed by atoms with Crippen LogP contribution in [0.3, 0.4) is 0 Å². The van der Waals surface area contributed by atoms with Gasteiger partial charge in [0.1, 0.15) is 0 Å². The molecule has 1 saturated heterocycles. The lowest BCUT2D eigenvalue weighted by Crippen LogP contribution is -2.53. The zero-order valence-corrected chi connectivity index (χ0v) is 17.8. The van der Waals surface area contributed by atoms with Crippen LogP contribution in [0.25, 0.3) is 0 Å². The van der Waals surface area contributed by atoms with Gasteiger partial charge in [-0.3, -0.25) is 14.5 Å². The number of aromatic nitrogens is 2. The maximum absolute atomic E-state index is 12.4. The molecule has 2 fully saturated rings. The molecule has 0 aromatic carbocycles. The summed E-state index contributed by atoms with van der Waals surface area (Å²) >= 11 is 2.95. The first-order valence-corrected chi connectivity index (χ1v) is 11.1. The Balaban J connectivity index is 1.35. The second-order valence-electron chi connectivity index (χ2n) is 8.04. The quantitative estimate of drug-likeness (QED) is 0.652. The van der Waals surface area contributed by atoms with Crippen LogP contribution in [0.15, 0.2) is 4.34 Å². The lowest BCUT2D eigenvalue weighted by molar-refractivity contribution is -0.130. The molecule has 27 heavy (non-hydrogen) atoms. The van der Waals surface area contributed by atoms with Crippen molar-refractivity contribution in [1.29, 1.82) is 0 Å². The summed E-state index contributed by atoms with van der Waals surface area (Å²) in [7, 11) is 0. The Morgan fingerprint density at radius 2 is 1.89 bits per heavy atom. The van der Waals surface area contributed by atoms with Crippen molar-refractivity contribution in [2.75, 3.05) is 43.8 Å². The molecule has 0 unspecified atom stereocenters. The Morgan fingerprint density at radius 1 is 1.19 bits per heavy atom. The van der Waals surface area contributed by atoms with Crippen molar-refractivity contribution < 1.29 is 9.59 Å². The Labute approximate surface area is 168 Å². The van der Waals surface area contributed by atoms with Crippen LogP contribution in [-0.4, -0.2) is 81.9 Å². The maximum atomic E-state index is 12.4. The van der Waals surface area contributed by atoms with Crippen LogP contribution < -0.4 is 10.6 Å². The summed E-state index contributed by atoms with van der Waals surface area (Å²) in [6.45, 7) is 9.08. The Morgan fingerprint density at radius 3 is 2.52 bits per heavy atom. The van der Waals surface area contributed by atoms with Gasteiger partial charge in [0.25, 0.3) is 0 Å². The van der Waals surface area contributed by atoms with Crippen molar-refractivity contribution in [3.63, 3.8) is 0 Å². The third-order valence-corrected chi connectivity index (χ3v) is 6.21. The van der Waals surface area contributed by atoms with Crippen LogP contribution in [0.2, 0.25) is 0 Å². The van der Waals surface area contributed by atoms with E-state index in [1.165, 1.54) is 35.9 Å². The number of hydrogen-bond donors (Lipinski definition) is 2. The fourth-order valence-electron chi connectivity index (χ4n) is 2.76. The monoisotopic (exact) mass is 412 g/mol. The highest BCUT2D eigenvalue weighted by atomic mass is 32.2. The van der Waals surface area contributed by atoms with Gasteiger partial charge in [0.2, 0.25) is 16.9 Å². The summed E-state index contributed by atoms with van der Waals surface area (Å²) in [4.78, 5) is 28.4. The fourth-order valence-corrected chi connectivity index (χ4v) is 4.49. The van der Waals surface area contributed by atoms with Crippen molar-refractivity contribution in [2.24, 2.45) is 0 Å². The van der Waals surface area contributed by atoms with Crippen molar-refractivity contribution in [3.05, 3.63) is 0 Å². The minimum atomic E-state index is -0.217. The molecule has 8 nitrogen and oxygen atoms in total. The highest BCUT2D eigenvalue weighted by Crippen LogP contribution is 2.30. The predicted molar refractivity (Wildman–Crippen MR) is 108 cm³/mol. The smallest absolute Gasteiger partial charge is 0.234 e. The van der Waals surface area contributed by atoms with Crippen LogP contribution >= 0.6 is 23.1 Å². The lowest BCUT2D eigenvalue weighted by Gasteiger charge is -2.34. The van der Waals surface area contributed by atoms with Gasteiger partial charge in [0.15, 0.2) is 4.34 Å². The molecule has 1 aromatic rings. The molecular formula is C17H28N6O2S2. The number of nitrogens with zero attached hydrogens (tertiary/aromatic N) is 4. The molecule has 3 rings (SSSR count). The standard InChI is InChI=1S/C17H28N6O2S2/c1-17(2,3)19-13(24)10-22-6-8-23(9-7-22)14(25)11-26-16-21-20-15(27-16)18-12-4-5-12/h12H,4-11H2,1-3H3,(H,18,20)(H,19,24). The number of thioether (sulfide) groups is 1. The Bertz CT molecular complexity index is 663. The topological polar surface area (TPSA) is 90.5 Å². The molecule has 1 aromatic heterocycles. The summed E-state index contributed by atoms with van der Waals surface area (Å²) in [5.74, 6) is 0.526. The zero-order valence-electron chi connectivity index (χ0n) is 16.2. The molecule has 1 saturated carbocycles. The van der Waals surface area contributed by atoms with E-state index in [0.29, 0.717) is 31.4 Å². The van der Waals surface area contributed by atoms with Crippen LogP contribution in [0.5, 0.6) is 0 Å². The number of carbonyl (C=O) groups is 2. The molecule has 2 amide bonds. The van der Waals surface area contributed by atoms with E-state index in [2.05, 4.69) is 25.7 Å². The van der Waals surface area contributed by atoms with E-state index in [1.807, 2.05) is 25.7 Å². The largest absolute Gasteiger partial charge is 0.357 e. The molecule has 2 N–H and O–H groups in total. The number of anilines is 1. The molecule has 0 atom stereocenters. The van der Waals surface area contributed by atoms with Gasteiger partial charge in [-0.05, 0) is 33.6 Å². The first-order valence-electron chi connectivity index (χ1n) is 9.32. The van der Waals surface area contributed by atoms with Crippen LogP contribution in [-0.2, 0) is 9.59 Å². The first-order chi connectivity index (χ1) is 12.8. The summed E-state index contributed by atoms with van der Waals surface area (Å²) in [5, 5.41) is 15.4. The van der Waals surface area contributed by atoms with Gasteiger partial charge in [0, 0.05) is 37.8 Å². The molecule has 0 bridgehead atoms. The molecule has 10 heteroatoms. The SMILES string of the molecule is CC(C)(C)NC(=O)CN1CCN(C(=O)CSc2nnc(NC3CC3)s2)CC1. The summed E-state index contributed by atoms with van der Waals surface area (Å²) in [6.07, 6.45) is 2.40. The highest BCUT2D eigenvalue weighted by molar-refractivity contribution is 8.01. The number of nitrogens with one attached hydrogen (secondary N) is 2. The highest BCUT2D eigenvalue weighted by Gasteiger charge is 2.25.